The lowest BCUT2D eigenvalue weighted by molar-refractivity contribution is 0.283. The summed E-state index contributed by atoms with van der Waals surface area (Å²) in [6.45, 7) is 9.11. The van der Waals surface area contributed by atoms with Gasteiger partial charge in [-0.3, -0.25) is 0 Å². The van der Waals surface area contributed by atoms with Crippen LogP contribution < -0.4 is 10.1 Å². The number of hydrogen-bond donors (Lipinski definition) is 1. The van der Waals surface area contributed by atoms with Gasteiger partial charge in [-0.15, -0.1) is 0 Å². The van der Waals surface area contributed by atoms with Crippen molar-refractivity contribution in [3.8, 4) is 5.88 Å². The summed E-state index contributed by atoms with van der Waals surface area (Å²) in [5.74, 6) is 1.51. The Kier molecular flexibility index (Phi) is 6.63. The molecule has 96 valence electrons. The van der Waals surface area contributed by atoms with Crippen molar-refractivity contribution < 1.29 is 4.74 Å². The molecule has 0 aliphatic rings. The van der Waals surface area contributed by atoms with Gasteiger partial charge in [0.1, 0.15) is 0 Å². The summed E-state index contributed by atoms with van der Waals surface area (Å²) in [6.07, 6.45) is 4.08. The Hall–Kier alpha value is -1.09. The van der Waals surface area contributed by atoms with Gasteiger partial charge in [-0.1, -0.05) is 26.8 Å². The minimum Gasteiger partial charge on any atom is -0.477 e. The molecule has 0 aliphatic carbocycles. The molecule has 17 heavy (non-hydrogen) atoms. The van der Waals surface area contributed by atoms with Crippen LogP contribution in [0.4, 0.5) is 0 Å². The lowest BCUT2D eigenvalue weighted by Gasteiger charge is -2.11. The second kappa shape index (κ2) is 8.07. The molecule has 0 spiro atoms. The van der Waals surface area contributed by atoms with Gasteiger partial charge in [0.05, 0.1) is 6.61 Å². The first-order chi connectivity index (χ1) is 8.24. The summed E-state index contributed by atoms with van der Waals surface area (Å²) in [5, 5.41) is 3.29. The summed E-state index contributed by atoms with van der Waals surface area (Å²) < 4.78 is 5.73. The number of aromatic nitrogens is 1. The van der Waals surface area contributed by atoms with E-state index in [1.807, 2.05) is 6.07 Å². The maximum Gasteiger partial charge on any atom is 0.217 e. The van der Waals surface area contributed by atoms with Crippen molar-refractivity contribution in [1.29, 1.82) is 0 Å². The highest BCUT2D eigenvalue weighted by atomic mass is 16.5. The molecular weight excluding hydrogens is 212 g/mol. The Balaban J connectivity index is 2.40. The number of rotatable bonds is 8. The molecule has 0 saturated heterocycles. The molecule has 0 bridgehead atoms. The van der Waals surface area contributed by atoms with Gasteiger partial charge in [0.2, 0.25) is 5.88 Å². The quantitative estimate of drug-likeness (QED) is 0.705. The standard InChI is InChI=1S/C14H24N2O/c1-4-15-11-13-8-5-9-16-14(13)17-10-6-7-12(2)3/h5,8-9,12,15H,4,6-7,10-11H2,1-3H3. The Bertz CT molecular complexity index is 313. The van der Waals surface area contributed by atoms with Gasteiger partial charge in [0, 0.05) is 18.3 Å². The topological polar surface area (TPSA) is 34.2 Å². The summed E-state index contributed by atoms with van der Waals surface area (Å²) in [5.41, 5.74) is 1.14. The largest absolute Gasteiger partial charge is 0.477 e. The van der Waals surface area contributed by atoms with Crippen molar-refractivity contribution in [1.82, 2.24) is 10.3 Å². The first-order valence-corrected chi connectivity index (χ1v) is 6.51. The number of nitrogens with zero attached hydrogens (tertiary/aromatic N) is 1. The zero-order valence-corrected chi connectivity index (χ0v) is 11.2. The van der Waals surface area contributed by atoms with Gasteiger partial charge in [0.25, 0.3) is 0 Å². The lowest BCUT2D eigenvalue weighted by atomic mass is 10.1. The Morgan fingerprint density at radius 1 is 1.41 bits per heavy atom. The molecular formula is C14H24N2O. The number of nitrogens with one attached hydrogen (secondary N) is 1. The monoisotopic (exact) mass is 236 g/mol. The molecule has 0 aliphatic heterocycles. The van der Waals surface area contributed by atoms with Crippen LogP contribution >= 0.6 is 0 Å². The van der Waals surface area contributed by atoms with Crippen LogP contribution in [-0.4, -0.2) is 18.1 Å². The molecule has 0 fully saturated rings. The van der Waals surface area contributed by atoms with Crippen molar-refractivity contribution in [3.05, 3.63) is 23.9 Å². The fraction of sp³-hybridized carbons (Fsp3) is 0.643. The van der Waals surface area contributed by atoms with Crippen LogP contribution in [0.3, 0.4) is 0 Å². The van der Waals surface area contributed by atoms with Crippen LogP contribution in [0.2, 0.25) is 0 Å². The minimum atomic E-state index is 0.739. The summed E-state index contributed by atoms with van der Waals surface area (Å²) in [4.78, 5) is 4.29. The minimum absolute atomic E-state index is 0.739. The molecule has 1 N–H and O–H groups in total. The number of hydrogen-bond acceptors (Lipinski definition) is 3. The van der Waals surface area contributed by atoms with Gasteiger partial charge in [0.15, 0.2) is 0 Å². The normalized spacial score (nSPS) is 10.8. The molecule has 0 aromatic carbocycles. The zero-order chi connectivity index (χ0) is 12.5. The zero-order valence-electron chi connectivity index (χ0n) is 11.2. The van der Waals surface area contributed by atoms with E-state index in [0.717, 1.165) is 43.5 Å². The van der Waals surface area contributed by atoms with Crippen molar-refractivity contribution in [2.24, 2.45) is 5.92 Å². The van der Waals surface area contributed by atoms with Crippen LogP contribution in [0.1, 0.15) is 39.2 Å². The Labute approximate surface area is 105 Å². The van der Waals surface area contributed by atoms with E-state index in [2.05, 4.69) is 37.1 Å². The van der Waals surface area contributed by atoms with E-state index < -0.39 is 0 Å². The molecule has 0 unspecified atom stereocenters. The second-order valence-electron chi connectivity index (χ2n) is 4.63. The van der Waals surface area contributed by atoms with E-state index in [-0.39, 0.29) is 0 Å². The third-order valence-corrected chi connectivity index (χ3v) is 2.58. The SMILES string of the molecule is CCNCc1cccnc1OCCCC(C)C. The van der Waals surface area contributed by atoms with Gasteiger partial charge in [-0.2, -0.15) is 0 Å². The molecule has 0 amide bonds. The van der Waals surface area contributed by atoms with E-state index in [1.165, 1.54) is 6.42 Å². The smallest absolute Gasteiger partial charge is 0.217 e. The van der Waals surface area contributed by atoms with E-state index >= 15 is 0 Å². The third kappa shape index (κ3) is 5.68. The second-order valence-corrected chi connectivity index (χ2v) is 4.63. The van der Waals surface area contributed by atoms with E-state index in [1.54, 1.807) is 6.20 Å². The van der Waals surface area contributed by atoms with Gasteiger partial charge >= 0.3 is 0 Å². The van der Waals surface area contributed by atoms with Crippen LogP contribution in [0.5, 0.6) is 5.88 Å². The van der Waals surface area contributed by atoms with Crippen LogP contribution in [0.15, 0.2) is 18.3 Å². The van der Waals surface area contributed by atoms with E-state index in [9.17, 15) is 0 Å². The van der Waals surface area contributed by atoms with Crippen LogP contribution in [0, 0.1) is 5.92 Å². The first kappa shape index (κ1) is 14.0. The van der Waals surface area contributed by atoms with Crippen molar-refractivity contribution >= 4 is 0 Å². The van der Waals surface area contributed by atoms with Crippen molar-refractivity contribution in [2.45, 2.75) is 40.2 Å². The molecule has 1 heterocycles. The van der Waals surface area contributed by atoms with Gasteiger partial charge in [-0.25, -0.2) is 4.98 Å². The molecule has 0 radical (unpaired) electrons. The summed E-state index contributed by atoms with van der Waals surface area (Å²) >= 11 is 0. The highest BCUT2D eigenvalue weighted by Gasteiger charge is 2.03. The third-order valence-electron chi connectivity index (χ3n) is 2.58. The highest BCUT2D eigenvalue weighted by molar-refractivity contribution is 5.25. The maximum absolute atomic E-state index is 5.73. The molecule has 0 saturated carbocycles. The molecule has 3 nitrogen and oxygen atoms in total. The van der Waals surface area contributed by atoms with Crippen molar-refractivity contribution in [2.75, 3.05) is 13.2 Å². The average molecular weight is 236 g/mol. The Morgan fingerprint density at radius 3 is 2.94 bits per heavy atom. The Morgan fingerprint density at radius 2 is 2.24 bits per heavy atom. The fourth-order valence-corrected chi connectivity index (χ4v) is 1.61. The molecule has 1 rings (SSSR count). The predicted molar refractivity (Wildman–Crippen MR) is 71.2 cm³/mol. The molecule has 1 aromatic rings. The molecule has 0 atom stereocenters. The van der Waals surface area contributed by atoms with Crippen LogP contribution in [-0.2, 0) is 6.54 Å². The van der Waals surface area contributed by atoms with Gasteiger partial charge in [-0.05, 0) is 31.4 Å². The number of pyridine rings is 1. The van der Waals surface area contributed by atoms with Gasteiger partial charge < -0.3 is 10.1 Å². The molecule has 1 aromatic heterocycles. The molecule has 3 heteroatoms. The lowest BCUT2D eigenvalue weighted by Crippen LogP contribution is -2.13. The highest BCUT2D eigenvalue weighted by Crippen LogP contribution is 2.14. The fourth-order valence-electron chi connectivity index (χ4n) is 1.61. The first-order valence-electron chi connectivity index (χ1n) is 6.51. The van der Waals surface area contributed by atoms with Crippen molar-refractivity contribution in [3.63, 3.8) is 0 Å². The van der Waals surface area contributed by atoms with Crippen LogP contribution in [0.25, 0.3) is 0 Å². The van der Waals surface area contributed by atoms with E-state index in [4.69, 9.17) is 4.74 Å². The summed E-state index contributed by atoms with van der Waals surface area (Å²) in [6, 6.07) is 4.01. The average Bonchev–Trinajstić information content (AvgIpc) is 2.33. The van der Waals surface area contributed by atoms with E-state index in [0.29, 0.717) is 0 Å². The maximum atomic E-state index is 5.73. The number of ether oxygens (including phenoxy) is 1. The summed E-state index contributed by atoms with van der Waals surface area (Å²) in [7, 11) is 0. The predicted octanol–water partition coefficient (Wildman–Crippen LogP) is 3.01.